The Balaban J connectivity index is 1.10. The summed E-state index contributed by atoms with van der Waals surface area (Å²) >= 11 is 7.57. The number of likely N-dealkylation sites (N-methyl/N-ethyl adjacent to an activating group) is 1. The molecule has 11 nitrogen and oxygen atoms in total. The highest BCUT2D eigenvalue weighted by Gasteiger charge is 2.15. The van der Waals surface area contributed by atoms with Crippen molar-refractivity contribution in [2.75, 3.05) is 64.1 Å². The van der Waals surface area contributed by atoms with Gasteiger partial charge in [-0.3, -0.25) is 5.32 Å². The third-order valence-electron chi connectivity index (χ3n) is 7.66. The van der Waals surface area contributed by atoms with Crippen LogP contribution < -0.4 is 25.4 Å². The van der Waals surface area contributed by atoms with E-state index < -0.39 is 0 Å². The van der Waals surface area contributed by atoms with E-state index >= 15 is 0 Å². The molecular weight excluding hydrogens is 612 g/mol. The number of carbonyl (C=O) groups is 1. The largest absolute Gasteiger partial charge is 0.493 e. The van der Waals surface area contributed by atoms with Crippen LogP contribution in [-0.2, 0) is 6.54 Å². The van der Waals surface area contributed by atoms with E-state index in [9.17, 15) is 4.79 Å². The summed E-state index contributed by atoms with van der Waals surface area (Å²) < 4.78 is 12.7. The number of urea groups is 1. The Kier molecular flexibility index (Phi) is 9.75. The molecule has 0 spiro atoms. The van der Waals surface area contributed by atoms with Crippen LogP contribution in [0.5, 0.6) is 11.5 Å². The Hall–Kier alpha value is -4.23. The van der Waals surface area contributed by atoms with Gasteiger partial charge in [-0.1, -0.05) is 41.1 Å². The zero-order chi connectivity index (χ0) is 31.2. The van der Waals surface area contributed by atoms with E-state index in [1.807, 2.05) is 48.5 Å². The Bertz CT molecular complexity index is 1790. The molecule has 13 heteroatoms. The fourth-order valence-corrected chi connectivity index (χ4v) is 6.23. The van der Waals surface area contributed by atoms with Gasteiger partial charge in [-0.05, 0) is 49.4 Å². The average Bonchev–Trinajstić information content (AvgIpc) is 3.44. The van der Waals surface area contributed by atoms with E-state index in [1.54, 1.807) is 13.2 Å². The van der Waals surface area contributed by atoms with Gasteiger partial charge in [-0.15, -0.1) is 0 Å². The number of methoxy groups -OCH3 is 1. The topological polar surface area (TPSA) is 117 Å². The molecule has 0 radical (unpaired) electrons. The number of thiazole rings is 1. The molecule has 3 aromatic carbocycles. The predicted molar refractivity (Wildman–Crippen MR) is 180 cm³/mol. The van der Waals surface area contributed by atoms with Gasteiger partial charge in [0.15, 0.2) is 16.6 Å². The molecule has 3 N–H and O–H groups in total. The summed E-state index contributed by atoms with van der Waals surface area (Å²) in [4.78, 5) is 30.9. The van der Waals surface area contributed by atoms with E-state index in [4.69, 9.17) is 21.1 Å². The minimum atomic E-state index is -0.355. The monoisotopic (exact) mass is 646 g/mol. The molecule has 0 unspecified atom stereocenters. The lowest BCUT2D eigenvalue weighted by Gasteiger charge is -2.32. The molecule has 5 aromatic rings. The number of benzene rings is 3. The summed E-state index contributed by atoms with van der Waals surface area (Å²) in [5.74, 6) is 1.93. The zero-order valence-electron chi connectivity index (χ0n) is 25.2. The summed E-state index contributed by atoms with van der Waals surface area (Å²) in [6.07, 6.45) is 2.47. The summed E-state index contributed by atoms with van der Waals surface area (Å²) in [6.45, 7) is 6.33. The first-order valence-electron chi connectivity index (χ1n) is 14.8. The number of hydrogen-bond donors (Lipinski definition) is 3. The first kappa shape index (κ1) is 30.8. The highest BCUT2D eigenvalue weighted by atomic mass is 35.5. The number of rotatable bonds is 11. The van der Waals surface area contributed by atoms with Crippen molar-refractivity contribution in [3.05, 3.63) is 71.5 Å². The summed E-state index contributed by atoms with van der Waals surface area (Å²) in [5.41, 5.74) is 3.18. The fraction of sp³-hybridized carbons (Fsp3) is 0.312. The zero-order valence-corrected chi connectivity index (χ0v) is 26.7. The number of amides is 2. The van der Waals surface area contributed by atoms with Crippen molar-refractivity contribution in [3.8, 4) is 11.5 Å². The third kappa shape index (κ3) is 7.71. The maximum absolute atomic E-state index is 12.5. The number of ether oxygens (including phenoxy) is 2. The number of nitrogens with zero attached hydrogens (tertiary/aromatic N) is 5. The fourth-order valence-electron chi connectivity index (χ4n) is 5.13. The van der Waals surface area contributed by atoms with Crippen molar-refractivity contribution in [3.63, 3.8) is 0 Å². The van der Waals surface area contributed by atoms with Crippen molar-refractivity contribution < 1.29 is 14.3 Å². The maximum Gasteiger partial charge on any atom is 0.321 e. The van der Waals surface area contributed by atoms with Crippen molar-refractivity contribution >= 4 is 66.7 Å². The van der Waals surface area contributed by atoms with Crippen molar-refractivity contribution in [2.24, 2.45) is 0 Å². The lowest BCUT2D eigenvalue weighted by Crippen LogP contribution is -2.44. The number of nitrogens with one attached hydrogen (secondary N) is 3. The number of aromatic nitrogens is 3. The Morgan fingerprint density at radius 1 is 1.02 bits per heavy atom. The molecule has 0 bridgehead atoms. The molecule has 1 saturated heterocycles. The second kappa shape index (κ2) is 14.2. The highest BCUT2D eigenvalue weighted by molar-refractivity contribution is 7.22. The van der Waals surface area contributed by atoms with E-state index in [-0.39, 0.29) is 6.03 Å². The molecule has 1 aliphatic heterocycles. The van der Waals surface area contributed by atoms with Crippen LogP contribution >= 0.6 is 22.9 Å². The molecule has 3 heterocycles. The van der Waals surface area contributed by atoms with Gasteiger partial charge in [-0.25, -0.2) is 19.7 Å². The second-order valence-electron chi connectivity index (χ2n) is 10.8. The lowest BCUT2D eigenvalue weighted by atomic mass is 10.2. The van der Waals surface area contributed by atoms with Crippen molar-refractivity contribution in [1.29, 1.82) is 0 Å². The number of piperazine rings is 1. The molecule has 0 saturated carbocycles. The number of carbonyl (C=O) groups excluding carboxylic acids is 1. The Morgan fingerprint density at radius 3 is 2.69 bits per heavy atom. The normalized spacial score (nSPS) is 14.0. The molecule has 0 aliphatic carbocycles. The Labute approximate surface area is 270 Å². The summed E-state index contributed by atoms with van der Waals surface area (Å²) in [6, 6.07) is 16.6. The van der Waals surface area contributed by atoms with Crippen LogP contribution in [0.15, 0.2) is 60.9 Å². The molecule has 1 aliphatic rings. The smallest absolute Gasteiger partial charge is 0.321 e. The molecular formula is C32H35ClN8O3S. The van der Waals surface area contributed by atoms with E-state index in [0.29, 0.717) is 40.6 Å². The van der Waals surface area contributed by atoms with Crippen LogP contribution in [0, 0.1) is 0 Å². The van der Waals surface area contributed by atoms with Crippen LogP contribution in [0.3, 0.4) is 0 Å². The summed E-state index contributed by atoms with van der Waals surface area (Å²) in [7, 11) is 3.80. The summed E-state index contributed by atoms with van der Waals surface area (Å²) in [5, 5.41) is 10.9. The SMILES string of the molecule is COc1cc2c(Nc3ccc4nc(NC(=O)NCc5ccccc5Cl)sc4c3)ncnc2cc1OCCCN1CCN(C)CC1. The highest BCUT2D eigenvalue weighted by Crippen LogP contribution is 2.36. The number of fused-ring (bicyclic) bond motifs is 2. The molecule has 1 fully saturated rings. The van der Waals surface area contributed by atoms with Crippen molar-refractivity contribution in [2.45, 2.75) is 13.0 Å². The van der Waals surface area contributed by atoms with E-state index in [1.165, 1.54) is 17.7 Å². The van der Waals surface area contributed by atoms with Crippen LogP contribution in [0.2, 0.25) is 5.02 Å². The molecule has 45 heavy (non-hydrogen) atoms. The van der Waals surface area contributed by atoms with Gasteiger partial charge in [0, 0.05) is 61.4 Å². The average molecular weight is 647 g/mol. The van der Waals surface area contributed by atoms with Crippen LogP contribution in [0.25, 0.3) is 21.1 Å². The predicted octanol–water partition coefficient (Wildman–Crippen LogP) is 5.98. The van der Waals surface area contributed by atoms with Crippen molar-refractivity contribution in [1.82, 2.24) is 30.1 Å². The maximum atomic E-state index is 12.5. The van der Waals surface area contributed by atoms with Crippen LogP contribution in [0.4, 0.5) is 21.4 Å². The minimum absolute atomic E-state index is 0.312. The van der Waals surface area contributed by atoms with Gasteiger partial charge < -0.3 is 29.9 Å². The first-order valence-corrected chi connectivity index (χ1v) is 16.0. The molecule has 2 amide bonds. The standard InChI is InChI=1S/C32H35ClN8O3S/c1-40-11-13-41(14-12-40)10-5-15-44-28-18-26-23(17-27(28)43-2)30(36-20-35-26)37-22-8-9-25-29(16-22)45-32(38-25)39-31(42)34-19-21-6-3-4-7-24(21)33/h3-4,6-9,16-18,20H,5,10-15,19H2,1-2H3,(H,35,36,37)(H2,34,38,39,42). The minimum Gasteiger partial charge on any atom is -0.493 e. The number of hydrogen-bond acceptors (Lipinski definition) is 10. The third-order valence-corrected chi connectivity index (χ3v) is 8.96. The van der Waals surface area contributed by atoms with Crippen LogP contribution in [0.1, 0.15) is 12.0 Å². The van der Waals surface area contributed by atoms with Crippen LogP contribution in [-0.4, -0.2) is 84.3 Å². The molecule has 2 aromatic heterocycles. The van der Waals surface area contributed by atoms with E-state index in [0.717, 1.165) is 71.5 Å². The van der Waals surface area contributed by atoms with Gasteiger partial charge in [-0.2, -0.15) is 0 Å². The Morgan fingerprint density at radius 2 is 1.87 bits per heavy atom. The van der Waals surface area contributed by atoms with Gasteiger partial charge in [0.25, 0.3) is 0 Å². The molecule has 234 valence electrons. The van der Waals surface area contributed by atoms with E-state index in [2.05, 4.69) is 47.7 Å². The quantitative estimate of drug-likeness (QED) is 0.149. The molecule has 6 rings (SSSR count). The van der Waals surface area contributed by atoms with Gasteiger partial charge in [0.1, 0.15) is 12.1 Å². The van der Waals surface area contributed by atoms with Gasteiger partial charge >= 0.3 is 6.03 Å². The molecule has 0 atom stereocenters. The number of anilines is 3. The second-order valence-corrected chi connectivity index (χ2v) is 12.3. The van der Waals surface area contributed by atoms with Gasteiger partial charge in [0.05, 0.1) is 29.5 Å². The lowest BCUT2D eigenvalue weighted by molar-refractivity contribution is 0.145. The first-order chi connectivity index (χ1) is 21.9. The number of halogens is 1. The van der Waals surface area contributed by atoms with Gasteiger partial charge in [0.2, 0.25) is 0 Å².